The number of halogens is 1. The van der Waals surface area contributed by atoms with Gasteiger partial charge in [0.15, 0.2) is 0 Å². The van der Waals surface area contributed by atoms with Gasteiger partial charge in [0.25, 0.3) is 0 Å². The van der Waals surface area contributed by atoms with Crippen molar-refractivity contribution in [3.63, 3.8) is 0 Å². The molecule has 1 unspecified atom stereocenters. The molecular weight excluding hydrogens is 435 g/mol. The normalized spacial score (nSPS) is 16.0. The molecule has 0 bridgehead atoms. The van der Waals surface area contributed by atoms with Gasteiger partial charge >= 0.3 is 150 Å². The van der Waals surface area contributed by atoms with Gasteiger partial charge in [0.05, 0.1) is 0 Å². The van der Waals surface area contributed by atoms with Crippen molar-refractivity contribution in [3.8, 4) is 10.4 Å². The summed E-state index contributed by atoms with van der Waals surface area (Å²) >= 11 is -3.78. The molecule has 2 aromatic carbocycles. The topological polar surface area (TPSA) is 43.4 Å². The van der Waals surface area contributed by atoms with E-state index in [0.717, 1.165) is 9.13 Å². The van der Waals surface area contributed by atoms with Gasteiger partial charge in [-0.05, 0) is 0 Å². The monoisotopic (exact) mass is 457 g/mol. The molecule has 0 heterocycles. The van der Waals surface area contributed by atoms with Gasteiger partial charge in [0.2, 0.25) is 0 Å². The van der Waals surface area contributed by atoms with Crippen LogP contribution in [0.25, 0.3) is 0 Å². The number of alkyl halides is 1. The minimum atomic E-state index is -3.94. The van der Waals surface area contributed by atoms with Crippen molar-refractivity contribution in [1.82, 2.24) is 0 Å². The Morgan fingerprint density at radius 3 is 2.00 bits per heavy atom. The Labute approximate surface area is 149 Å². The Balaban J connectivity index is 2.58. The van der Waals surface area contributed by atoms with Crippen LogP contribution in [0.3, 0.4) is 0 Å². The molecule has 5 heteroatoms. The SMILES string of the molecule is C#C[I-](OS(=O)(=O)c1ccc(C)cc1)(c1ccccc1)C(C)(C)C. The van der Waals surface area contributed by atoms with E-state index in [1.165, 1.54) is 0 Å². The van der Waals surface area contributed by atoms with E-state index >= 15 is 0 Å². The summed E-state index contributed by atoms with van der Waals surface area (Å²) in [5.74, 6) is 0. The number of rotatable bonds is 4. The first kappa shape index (κ1) is 19.0. The molecule has 2 rings (SSSR count). The molecule has 0 aliphatic rings. The van der Waals surface area contributed by atoms with Gasteiger partial charge < -0.3 is 0 Å². The van der Waals surface area contributed by atoms with E-state index in [2.05, 4.69) is 3.93 Å². The van der Waals surface area contributed by atoms with E-state index in [0.29, 0.717) is 0 Å². The second-order valence-electron chi connectivity index (χ2n) is 6.32. The molecule has 0 fully saturated rings. The summed E-state index contributed by atoms with van der Waals surface area (Å²) in [6.45, 7) is 7.74. The van der Waals surface area contributed by atoms with Crippen LogP contribution >= 0.6 is 0 Å². The van der Waals surface area contributed by atoms with E-state index < -0.39 is 32.4 Å². The Bertz CT molecular complexity index is 844. The predicted octanol–water partition coefficient (Wildman–Crippen LogP) is 1.03. The van der Waals surface area contributed by atoms with Crippen LogP contribution in [0.1, 0.15) is 26.3 Å². The molecule has 0 radical (unpaired) electrons. The molecular formula is C19H22IO3S-. The van der Waals surface area contributed by atoms with E-state index in [1.807, 2.05) is 58.0 Å². The molecule has 24 heavy (non-hydrogen) atoms. The van der Waals surface area contributed by atoms with Gasteiger partial charge in [-0.3, -0.25) is 0 Å². The number of hydrogen-bond donors (Lipinski definition) is 0. The van der Waals surface area contributed by atoms with Crippen molar-refractivity contribution in [1.29, 1.82) is 0 Å². The summed E-state index contributed by atoms with van der Waals surface area (Å²) in [5.41, 5.74) is 0.983. The molecule has 2 aromatic rings. The first-order chi connectivity index (χ1) is 11.1. The number of terminal acetylenes is 1. The second-order valence-corrected chi connectivity index (χ2v) is 16.9. The zero-order chi connectivity index (χ0) is 18.0. The number of aryl methyl sites for hydroxylation is 1. The minimum absolute atomic E-state index is 0.136. The van der Waals surface area contributed by atoms with Gasteiger partial charge in [-0.1, -0.05) is 0 Å². The third-order valence-electron chi connectivity index (χ3n) is 3.48. The van der Waals surface area contributed by atoms with Crippen molar-refractivity contribution in [2.75, 3.05) is 0 Å². The molecule has 0 saturated heterocycles. The summed E-state index contributed by atoms with van der Waals surface area (Å²) in [7, 11) is -3.94. The third-order valence-corrected chi connectivity index (χ3v) is 15.6. The Morgan fingerprint density at radius 1 is 1.00 bits per heavy atom. The van der Waals surface area contributed by atoms with Gasteiger partial charge in [0, 0.05) is 0 Å². The molecule has 0 aliphatic heterocycles. The summed E-state index contributed by atoms with van der Waals surface area (Å²) in [5, 5.41) is 0. The zero-order valence-corrected chi connectivity index (χ0v) is 17.3. The molecule has 1 atom stereocenters. The van der Waals surface area contributed by atoms with Crippen LogP contribution in [-0.2, 0) is 12.6 Å². The summed E-state index contributed by atoms with van der Waals surface area (Å²) in [4.78, 5) is 0.136. The van der Waals surface area contributed by atoms with Crippen LogP contribution in [0.5, 0.6) is 0 Å². The summed E-state index contributed by atoms with van der Waals surface area (Å²) in [6, 6.07) is 15.9. The average Bonchev–Trinajstić information content (AvgIpc) is 2.52. The van der Waals surface area contributed by atoms with Crippen molar-refractivity contribution >= 4 is 10.1 Å². The molecule has 0 N–H and O–H groups in total. The second kappa shape index (κ2) is 6.87. The van der Waals surface area contributed by atoms with Crippen molar-refractivity contribution in [2.45, 2.75) is 36.0 Å². The van der Waals surface area contributed by atoms with Crippen LogP contribution in [0.2, 0.25) is 0 Å². The van der Waals surface area contributed by atoms with Crippen LogP contribution in [-0.4, -0.2) is 11.8 Å². The van der Waals surface area contributed by atoms with E-state index in [-0.39, 0.29) is 4.90 Å². The molecule has 0 amide bonds. The van der Waals surface area contributed by atoms with Crippen LogP contribution < -0.4 is 18.8 Å². The maximum absolute atomic E-state index is 12.9. The Morgan fingerprint density at radius 2 is 1.54 bits per heavy atom. The first-order valence-corrected chi connectivity index (χ1v) is 13.0. The van der Waals surface area contributed by atoms with E-state index in [4.69, 9.17) is 8.94 Å². The Hall–Kier alpha value is -1.36. The van der Waals surface area contributed by atoms with Crippen LogP contribution in [0, 0.1) is 20.8 Å². The Kier molecular flexibility index (Phi) is 5.43. The van der Waals surface area contributed by atoms with Gasteiger partial charge in [0.1, 0.15) is 0 Å². The van der Waals surface area contributed by atoms with Gasteiger partial charge in [-0.15, -0.1) is 0 Å². The number of hydrogen-bond acceptors (Lipinski definition) is 3. The fraction of sp³-hybridized carbons (Fsp3) is 0.263. The summed E-state index contributed by atoms with van der Waals surface area (Å²) < 4.78 is 34.7. The maximum atomic E-state index is 12.9. The van der Waals surface area contributed by atoms with Crippen molar-refractivity contribution in [3.05, 3.63) is 63.7 Å². The average molecular weight is 457 g/mol. The van der Waals surface area contributed by atoms with Crippen molar-refractivity contribution in [2.24, 2.45) is 0 Å². The van der Waals surface area contributed by atoms with Crippen molar-refractivity contribution < 1.29 is 29.8 Å². The third kappa shape index (κ3) is 3.66. The van der Waals surface area contributed by atoms with E-state index in [9.17, 15) is 8.42 Å². The van der Waals surface area contributed by atoms with Crippen LogP contribution in [0.4, 0.5) is 0 Å². The molecule has 0 spiro atoms. The quantitative estimate of drug-likeness (QED) is 0.392. The fourth-order valence-electron chi connectivity index (χ4n) is 2.16. The predicted molar refractivity (Wildman–Crippen MR) is 93.2 cm³/mol. The summed E-state index contributed by atoms with van der Waals surface area (Å²) in [6.07, 6.45) is 5.88. The van der Waals surface area contributed by atoms with Gasteiger partial charge in [-0.25, -0.2) is 0 Å². The molecule has 130 valence electrons. The van der Waals surface area contributed by atoms with Gasteiger partial charge in [-0.2, -0.15) is 0 Å². The molecule has 0 saturated carbocycles. The molecule has 0 aromatic heterocycles. The molecule has 3 nitrogen and oxygen atoms in total. The van der Waals surface area contributed by atoms with Crippen LogP contribution in [0.15, 0.2) is 59.5 Å². The number of benzene rings is 2. The zero-order valence-electron chi connectivity index (χ0n) is 14.3. The standard InChI is InChI=1S/C19H22IO3S/c1-6-20(19(3,4)5,17-10-8-7-9-11-17)23-24(21,22)18-14-12-16(2)13-15-18/h1,7-15H,2-5H3/q-1. The van der Waals surface area contributed by atoms with E-state index in [1.54, 1.807) is 24.3 Å². The fourth-order valence-corrected chi connectivity index (χ4v) is 13.1. The first-order valence-electron chi connectivity index (χ1n) is 7.45. The molecule has 0 aliphatic carbocycles.